The highest BCUT2D eigenvalue weighted by Crippen LogP contribution is 2.14. The van der Waals surface area contributed by atoms with E-state index in [9.17, 15) is 14.7 Å². The van der Waals surface area contributed by atoms with Crippen LogP contribution in [0.1, 0.15) is 20.3 Å². The maximum Gasteiger partial charge on any atom is 0.321 e. The molecule has 0 aromatic heterocycles. The predicted molar refractivity (Wildman–Crippen MR) is 60.8 cm³/mol. The second-order valence-corrected chi connectivity index (χ2v) is 4.68. The van der Waals surface area contributed by atoms with Crippen LogP contribution in [0.4, 0.5) is 4.79 Å². The molecule has 3 N–H and O–H groups in total. The average molecular weight is 234 g/mol. The van der Waals surface area contributed by atoms with E-state index in [-0.39, 0.29) is 17.6 Å². The number of urea groups is 1. The Labute approximate surface area is 94.0 Å². The van der Waals surface area contributed by atoms with Crippen molar-refractivity contribution >= 4 is 23.7 Å². The maximum absolute atomic E-state index is 11.1. The molecule has 0 aliphatic rings. The number of amides is 3. The largest absolute Gasteiger partial charge is 0.392 e. The molecule has 2 unspecified atom stereocenters. The number of thioether (sulfide) groups is 1. The second kappa shape index (κ2) is 7.53. The molecular weight excluding hydrogens is 216 g/mol. The van der Waals surface area contributed by atoms with Crippen LogP contribution in [0.5, 0.6) is 0 Å². The number of rotatable bonds is 5. The molecule has 6 heteroatoms. The minimum atomic E-state index is -0.492. The summed E-state index contributed by atoms with van der Waals surface area (Å²) in [5, 5.41) is 13.7. The number of aliphatic hydroxyl groups excluding tert-OH is 1. The van der Waals surface area contributed by atoms with Crippen molar-refractivity contribution in [2.75, 3.05) is 12.8 Å². The summed E-state index contributed by atoms with van der Waals surface area (Å²) in [6.45, 7) is 3.61. The number of hydrogen-bond donors (Lipinski definition) is 3. The molecule has 0 rings (SSSR count). The molecule has 88 valence electrons. The number of imide groups is 1. The lowest BCUT2D eigenvalue weighted by Crippen LogP contribution is -2.37. The standard InChI is InChI=1S/C9H18N2O3S/c1-6(12)7(2)15-5-4-8(13)11-9(14)10-3/h6-7,12H,4-5H2,1-3H3,(H2,10,11,13,14). The molecule has 0 radical (unpaired) electrons. The van der Waals surface area contributed by atoms with Gasteiger partial charge in [0.05, 0.1) is 6.10 Å². The number of hydrogen-bond acceptors (Lipinski definition) is 4. The Bertz CT molecular complexity index is 221. The highest BCUT2D eigenvalue weighted by Gasteiger charge is 2.10. The van der Waals surface area contributed by atoms with Gasteiger partial charge in [0.25, 0.3) is 0 Å². The molecule has 0 saturated carbocycles. The third kappa shape index (κ3) is 7.21. The van der Waals surface area contributed by atoms with Gasteiger partial charge < -0.3 is 10.4 Å². The van der Waals surface area contributed by atoms with E-state index in [0.29, 0.717) is 5.75 Å². The minimum Gasteiger partial charge on any atom is -0.392 e. The number of aliphatic hydroxyl groups is 1. The summed E-state index contributed by atoms with van der Waals surface area (Å²) in [5.41, 5.74) is 0. The van der Waals surface area contributed by atoms with Gasteiger partial charge in [-0.1, -0.05) is 6.92 Å². The van der Waals surface area contributed by atoms with Crippen molar-refractivity contribution in [3.05, 3.63) is 0 Å². The Morgan fingerprint density at radius 2 is 2.00 bits per heavy atom. The van der Waals surface area contributed by atoms with Gasteiger partial charge in [0, 0.05) is 24.5 Å². The Morgan fingerprint density at radius 3 is 2.47 bits per heavy atom. The summed E-state index contributed by atoms with van der Waals surface area (Å²) in [4.78, 5) is 21.9. The lowest BCUT2D eigenvalue weighted by Gasteiger charge is -2.13. The van der Waals surface area contributed by atoms with E-state index >= 15 is 0 Å². The molecule has 0 aromatic carbocycles. The van der Waals surface area contributed by atoms with E-state index in [4.69, 9.17) is 0 Å². The van der Waals surface area contributed by atoms with Crippen LogP contribution in [0.2, 0.25) is 0 Å². The molecule has 0 spiro atoms. The van der Waals surface area contributed by atoms with Gasteiger partial charge in [-0.2, -0.15) is 11.8 Å². The maximum atomic E-state index is 11.1. The van der Waals surface area contributed by atoms with Crippen LogP contribution in [0.25, 0.3) is 0 Å². The van der Waals surface area contributed by atoms with Crippen molar-refractivity contribution in [1.29, 1.82) is 0 Å². The van der Waals surface area contributed by atoms with Gasteiger partial charge in [0.15, 0.2) is 0 Å². The SMILES string of the molecule is CNC(=O)NC(=O)CCSC(C)C(C)O. The van der Waals surface area contributed by atoms with Crippen molar-refractivity contribution in [1.82, 2.24) is 10.6 Å². The topological polar surface area (TPSA) is 78.4 Å². The summed E-state index contributed by atoms with van der Waals surface area (Å²) in [6, 6.07) is -0.492. The van der Waals surface area contributed by atoms with Crippen LogP contribution < -0.4 is 10.6 Å². The molecule has 0 aliphatic carbocycles. The van der Waals surface area contributed by atoms with Gasteiger partial charge in [-0.25, -0.2) is 4.79 Å². The Morgan fingerprint density at radius 1 is 1.40 bits per heavy atom. The van der Waals surface area contributed by atoms with Crippen LogP contribution in [0, 0.1) is 0 Å². The number of carbonyl (C=O) groups is 2. The summed E-state index contributed by atoms with van der Waals surface area (Å²) in [5.74, 6) is 0.286. The zero-order chi connectivity index (χ0) is 11.8. The quantitative estimate of drug-likeness (QED) is 0.641. The van der Waals surface area contributed by atoms with Crippen molar-refractivity contribution in [2.24, 2.45) is 0 Å². The lowest BCUT2D eigenvalue weighted by atomic mass is 10.3. The molecule has 2 atom stereocenters. The van der Waals surface area contributed by atoms with E-state index in [1.54, 1.807) is 6.92 Å². The summed E-state index contributed by atoms with van der Waals surface area (Å²) < 4.78 is 0. The zero-order valence-electron chi connectivity index (χ0n) is 9.24. The molecule has 0 bridgehead atoms. The molecule has 0 heterocycles. The van der Waals surface area contributed by atoms with Crippen molar-refractivity contribution < 1.29 is 14.7 Å². The highest BCUT2D eigenvalue weighted by atomic mass is 32.2. The van der Waals surface area contributed by atoms with E-state index in [2.05, 4.69) is 10.6 Å². The van der Waals surface area contributed by atoms with Crippen LogP contribution in [0.15, 0.2) is 0 Å². The predicted octanol–water partition coefficient (Wildman–Crippen LogP) is 0.335. The Kier molecular flexibility index (Phi) is 7.15. The van der Waals surface area contributed by atoms with Crippen molar-refractivity contribution in [3.8, 4) is 0 Å². The molecule has 5 nitrogen and oxygen atoms in total. The van der Waals surface area contributed by atoms with Gasteiger partial charge in [-0.15, -0.1) is 0 Å². The van der Waals surface area contributed by atoms with Gasteiger partial charge >= 0.3 is 6.03 Å². The summed E-state index contributed by atoms with van der Waals surface area (Å²) in [6.07, 6.45) is -0.119. The van der Waals surface area contributed by atoms with Crippen LogP contribution in [-0.4, -0.2) is 41.2 Å². The number of nitrogens with one attached hydrogen (secondary N) is 2. The lowest BCUT2D eigenvalue weighted by molar-refractivity contribution is -0.119. The van der Waals surface area contributed by atoms with Gasteiger partial charge in [-0.05, 0) is 6.92 Å². The molecule has 0 aliphatic heterocycles. The minimum absolute atomic E-state index is 0.0952. The van der Waals surface area contributed by atoms with Crippen LogP contribution in [0.3, 0.4) is 0 Å². The van der Waals surface area contributed by atoms with Gasteiger partial charge in [0.2, 0.25) is 5.91 Å². The van der Waals surface area contributed by atoms with E-state index < -0.39 is 12.1 Å². The fourth-order valence-electron chi connectivity index (χ4n) is 0.728. The van der Waals surface area contributed by atoms with E-state index in [1.807, 2.05) is 6.92 Å². The van der Waals surface area contributed by atoms with Gasteiger partial charge in [0.1, 0.15) is 0 Å². The number of carbonyl (C=O) groups excluding carboxylic acids is 2. The summed E-state index contributed by atoms with van der Waals surface area (Å²) in [7, 11) is 1.45. The third-order valence-corrected chi connectivity index (χ3v) is 3.23. The van der Waals surface area contributed by atoms with Crippen molar-refractivity contribution in [2.45, 2.75) is 31.6 Å². The Hall–Kier alpha value is -0.750. The molecule has 3 amide bonds. The highest BCUT2D eigenvalue weighted by molar-refractivity contribution is 7.99. The van der Waals surface area contributed by atoms with Crippen molar-refractivity contribution in [3.63, 3.8) is 0 Å². The molecule has 0 fully saturated rings. The first-order valence-corrected chi connectivity index (χ1v) is 5.83. The molecule has 0 saturated heterocycles. The Balaban J connectivity index is 3.59. The fourth-order valence-corrected chi connectivity index (χ4v) is 1.68. The first kappa shape index (κ1) is 14.2. The summed E-state index contributed by atoms with van der Waals surface area (Å²) >= 11 is 1.50. The molecular formula is C9H18N2O3S. The first-order chi connectivity index (χ1) is 6.97. The first-order valence-electron chi connectivity index (χ1n) is 4.78. The average Bonchev–Trinajstić information content (AvgIpc) is 2.17. The van der Waals surface area contributed by atoms with Gasteiger partial charge in [-0.3, -0.25) is 10.1 Å². The van der Waals surface area contributed by atoms with Crippen LogP contribution >= 0.6 is 11.8 Å². The van der Waals surface area contributed by atoms with Crippen LogP contribution in [-0.2, 0) is 4.79 Å². The fraction of sp³-hybridized carbons (Fsp3) is 0.778. The normalized spacial score (nSPS) is 14.1. The molecule has 15 heavy (non-hydrogen) atoms. The monoisotopic (exact) mass is 234 g/mol. The zero-order valence-corrected chi connectivity index (χ0v) is 10.1. The smallest absolute Gasteiger partial charge is 0.321 e. The van der Waals surface area contributed by atoms with E-state index in [0.717, 1.165) is 0 Å². The third-order valence-electron chi connectivity index (χ3n) is 1.87. The second-order valence-electron chi connectivity index (χ2n) is 3.19. The molecule has 0 aromatic rings. The van der Waals surface area contributed by atoms with E-state index in [1.165, 1.54) is 18.8 Å².